The lowest BCUT2D eigenvalue weighted by molar-refractivity contribution is -0.116. The summed E-state index contributed by atoms with van der Waals surface area (Å²) in [7, 11) is 0. The average Bonchev–Trinajstić information content (AvgIpc) is 3.81. The van der Waals surface area contributed by atoms with E-state index in [9.17, 15) is 14.4 Å². The maximum absolute atomic E-state index is 13.6. The quantitative estimate of drug-likeness (QED) is 0.0933. The van der Waals surface area contributed by atoms with E-state index >= 15 is 0 Å². The van der Waals surface area contributed by atoms with Crippen LogP contribution in [0.1, 0.15) is 32.3 Å². The zero-order chi connectivity index (χ0) is 33.3. The number of benzene rings is 4. The van der Waals surface area contributed by atoms with Gasteiger partial charge in [0.05, 0.1) is 10.6 Å². The van der Waals surface area contributed by atoms with E-state index in [0.717, 1.165) is 32.2 Å². The Morgan fingerprint density at radius 2 is 1.54 bits per heavy atom. The van der Waals surface area contributed by atoms with Crippen molar-refractivity contribution in [3.8, 4) is 10.6 Å². The number of anilines is 2. The smallest absolute Gasteiger partial charge is 0.272 e. The Morgan fingerprint density at radius 1 is 0.792 bits per heavy atom. The predicted octanol–water partition coefficient (Wildman–Crippen LogP) is 9.06. The normalized spacial score (nSPS) is 11.8. The molecule has 0 fully saturated rings. The number of nitrogens with zero attached hydrogens (tertiary/aromatic N) is 1. The van der Waals surface area contributed by atoms with Crippen molar-refractivity contribution < 1.29 is 14.4 Å². The lowest BCUT2D eigenvalue weighted by Gasteiger charge is -2.17. The van der Waals surface area contributed by atoms with Gasteiger partial charge in [0.25, 0.3) is 11.8 Å². The van der Waals surface area contributed by atoms with Gasteiger partial charge in [-0.25, -0.2) is 4.98 Å². The van der Waals surface area contributed by atoms with Crippen LogP contribution in [0.5, 0.6) is 0 Å². The fraction of sp³-hybridized carbons (Fsp3) is 0.0526. The Morgan fingerprint density at radius 3 is 2.25 bits per heavy atom. The van der Waals surface area contributed by atoms with Crippen LogP contribution in [-0.4, -0.2) is 22.7 Å². The van der Waals surface area contributed by atoms with Crippen LogP contribution in [0.3, 0.4) is 0 Å². The monoisotopic (exact) mass is 686 g/mol. The summed E-state index contributed by atoms with van der Waals surface area (Å²) in [4.78, 5) is 46.6. The van der Waals surface area contributed by atoms with Crippen molar-refractivity contribution in [2.24, 2.45) is 0 Å². The van der Waals surface area contributed by atoms with E-state index < -0.39 is 11.2 Å². The first-order valence-corrected chi connectivity index (χ1v) is 17.6. The fourth-order valence-electron chi connectivity index (χ4n) is 4.76. The standard InChI is InChI=1S/C38H30N4O3S3/c1-25-10-8-11-26(22-25)23-31(40-35(43)28-14-6-3-7-15-28)36(44)39-29-17-19-30(20-18-29)48-34(27-12-4-2-5-13-27)37(45)42-38-41-32(24-47-38)33-16-9-21-46-33/h2-24,34H,1H3,(H,39,44)(H,40,43)(H,41,42,45)/b31-23-. The third-order valence-corrected chi connectivity index (χ3v) is 10.0. The summed E-state index contributed by atoms with van der Waals surface area (Å²) in [6.45, 7) is 1.96. The van der Waals surface area contributed by atoms with Gasteiger partial charge in [0.15, 0.2) is 5.13 Å². The third-order valence-electron chi connectivity index (χ3n) is 7.10. The van der Waals surface area contributed by atoms with Crippen LogP contribution in [0.2, 0.25) is 0 Å². The summed E-state index contributed by atoms with van der Waals surface area (Å²) >= 11 is 4.40. The maximum atomic E-state index is 13.6. The predicted molar refractivity (Wildman–Crippen MR) is 197 cm³/mol. The molecule has 1 unspecified atom stereocenters. The van der Waals surface area contributed by atoms with Crippen molar-refractivity contribution in [1.29, 1.82) is 0 Å². The second-order valence-electron chi connectivity index (χ2n) is 10.7. The molecule has 4 aromatic carbocycles. The van der Waals surface area contributed by atoms with Gasteiger partial charge in [-0.15, -0.1) is 34.4 Å². The van der Waals surface area contributed by atoms with Crippen LogP contribution < -0.4 is 16.0 Å². The van der Waals surface area contributed by atoms with Crippen LogP contribution in [0.25, 0.3) is 16.6 Å². The van der Waals surface area contributed by atoms with Gasteiger partial charge < -0.3 is 16.0 Å². The average molecular weight is 687 g/mol. The van der Waals surface area contributed by atoms with Gasteiger partial charge >= 0.3 is 0 Å². The highest BCUT2D eigenvalue weighted by molar-refractivity contribution is 8.00. The summed E-state index contributed by atoms with van der Waals surface area (Å²) in [6, 6.07) is 37.2. The summed E-state index contributed by atoms with van der Waals surface area (Å²) in [5.74, 6) is -1.04. The lowest BCUT2D eigenvalue weighted by atomic mass is 10.1. The molecule has 6 aromatic rings. The molecule has 3 N–H and O–H groups in total. The van der Waals surface area contributed by atoms with Gasteiger partial charge in [-0.05, 0) is 72.0 Å². The van der Waals surface area contributed by atoms with Crippen LogP contribution in [0.15, 0.2) is 143 Å². The number of thiophene rings is 1. The fourth-order valence-corrected chi connectivity index (χ4v) is 7.26. The molecule has 0 saturated heterocycles. The Hall–Kier alpha value is -5.29. The molecule has 238 valence electrons. The first-order valence-electron chi connectivity index (χ1n) is 15.0. The maximum Gasteiger partial charge on any atom is 0.272 e. The molecule has 0 aliphatic carbocycles. The van der Waals surface area contributed by atoms with Crippen LogP contribution in [0.4, 0.5) is 10.8 Å². The van der Waals surface area contributed by atoms with Crippen LogP contribution >= 0.6 is 34.4 Å². The number of carbonyl (C=O) groups is 3. The van der Waals surface area contributed by atoms with E-state index in [1.807, 2.05) is 103 Å². The second-order valence-corrected chi connectivity index (χ2v) is 13.7. The molecular weight excluding hydrogens is 657 g/mol. The van der Waals surface area contributed by atoms with Crippen molar-refractivity contribution >= 4 is 69.1 Å². The first-order chi connectivity index (χ1) is 23.4. The zero-order valence-electron chi connectivity index (χ0n) is 25.8. The van der Waals surface area contributed by atoms with E-state index in [0.29, 0.717) is 16.4 Å². The van der Waals surface area contributed by atoms with E-state index in [-0.39, 0.29) is 17.5 Å². The van der Waals surface area contributed by atoms with Crippen LogP contribution in [0, 0.1) is 6.92 Å². The molecule has 2 heterocycles. The summed E-state index contributed by atoms with van der Waals surface area (Å²) in [5.41, 5.74) is 4.60. The Balaban J connectivity index is 1.17. The van der Waals surface area contributed by atoms with E-state index in [1.165, 1.54) is 23.1 Å². The highest BCUT2D eigenvalue weighted by atomic mass is 32.2. The molecule has 3 amide bonds. The van der Waals surface area contributed by atoms with E-state index in [2.05, 4.69) is 20.9 Å². The van der Waals surface area contributed by atoms with Gasteiger partial charge in [-0.1, -0.05) is 84.4 Å². The molecule has 10 heteroatoms. The summed E-state index contributed by atoms with van der Waals surface area (Å²) < 4.78 is 0. The summed E-state index contributed by atoms with van der Waals surface area (Å²) in [5, 5.41) is 12.6. The molecule has 0 aliphatic heterocycles. The molecule has 0 bridgehead atoms. The van der Waals surface area contributed by atoms with Crippen molar-refractivity contribution in [3.05, 3.63) is 160 Å². The Kier molecular flexibility index (Phi) is 10.6. The number of thiazole rings is 1. The molecule has 0 spiro atoms. The van der Waals surface area contributed by atoms with Gasteiger partial charge in [-0.3, -0.25) is 14.4 Å². The van der Waals surface area contributed by atoms with Crippen molar-refractivity contribution in [2.75, 3.05) is 10.6 Å². The molecule has 48 heavy (non-hydrogen) atoms. The van der Waals surface area contributed by atoms with E-state index in [4.69, 9.17) is 0 Å². The summed E-state index contributed by atoms with van der Waals surface area (Å²) in [6.07, 6.45) is 1.66. The highest BCUT2D eigenvalue weighted by Crippen LogP contribution is 2.37. The molecule has 0 aliphatic rings. The number of aromatic nitrogens is 1. The third kappa shape index (κ3) is 8.54. The molecule has 2 aromatic heterocycles. The molecule has 7 nitrogen and oxygen atoms in total. The topological polar surface area (TPSA) is 100 Å². The number of rotatable bonds is 11. The van der Waals surface area contributed by atoms with Gasteiger partial charge in [0, 0.05) is 21.5 Å². The van der Waals surface area contributed by atoms with Crippen molar-refractivity contribution in [1.82, 2.24) is 10.3 Å². The molecule has 0 radical (unpaired) electrons. The van der Waals surface area contributed by atoms with Gasteiger partial charge in [0.2, 0.25) is 5.91 Å². The number of hydrogen-bond donors (Lipinski definition) is 3. The number of thioether (sulfide) groups is 1. The van der Waals surface area contributed by atoms with Gasteiger partial charge in [0.1, 0.15) is 10.9 Å². The zero-order valence-corrected chi connectivity index (χ0v) is 28.2. The SMILES string of the molecule is Cc1cccc(/C=C(\NC(=O)c2ccccc2)C(=O)Nc2ccc(SC(C(=O)Nc3nc(-c4cccs4)cs3)c3ccccc3)cc2)c1. The number of aryl methyl sites for hydroxylation is 1. The molecule has 0 saturated carbocycles. The number of nitrogens with one attached hydrogen (secondary N) is 3. The first kappa shape index (κ1) is 32.6. The number of amides is 3. The molecular formula is C38H30N4O3S3. The second kappa shape index (κ2) is 15.5. The van der Waals surface area contributed by atoms with Crippen LogP contribution in [-0.2, 0) is 9.59 Å². The van der Waals surface area contributed by atoms with Crippen molar-refractivity contribution in [3.63, 3.8) is 0 Å². The van der Waals surface area contributed by atoms with E-state index in [1.54, 1.807) is 53.8 Å². The minimum absolute atomic E-state index is 0.109. The lowest BCUT2D eigenvalue weighted by Crippen LogP contribution is -2.30. The minimum Gasteiger partial charge on any atom is -0.321 e. The molecule has 6 rings (SSSR count). The molecule has 1 atom stereocenters. The largest absolute Gasteiger partial charge is 0.321 e. The number of carbonyl (C=O) groups excluding carboxylic acids is 3. The van der Waals surface area contributed by atoms with Gasteiger partial charge in [-0.2, -0.15) is 0 Å². The Labute approximate surface area is 290 Å². The minimum atomic E-state index is -0.544. The number of hydrogen-bond acceptors (Lipinski definition) is 7. The van der Waals surface area contributed by atoms with Crippen molar-refractivity contribution in [2.45, 2.75) is 17.1 Å². The highest BCUT2D eigenvalue weighted by Gasteiger charge is 2.24. The Bertz CT molecular complexity index is 2040.